The van der Waals surface area contributed by atoms with Gasteiger partial charge in [-0.25, -0.2) is 4.79 Å². The fourth-order valence-corrected chi connectivity index (χ4v) is 1.63. The van der Waals surface area contributed by atoms with Crippen molar-refractivity contribution in [3.63, 3.8) is 0 Å². The van der Waals surface area contributed by atoms with E-state index in [4.69, 9.17) is 9.47 Å². The second-order valence-corrected chi connectivity index (χ2v) is 4.01. The lowest BCUT2D eigenvalue weighted by molar-refractivity contribution is 0.215. The van der Waals surface area contributed by atoms with Gasteiger partial charge in [0.2, 0.25) is 0 Å². The Labute approximate surface area is 112 Å². The molecule has 4 nitrogen and oxygen atoms in total. The highest BCUT2D eigenvalue weighted by Crippen LogP contribution is 2.21. The molecule has 19 heavy (non-hydrogen) atoms. The van der Waals surface area contributed by atoms with Crippen molar-refractivity contribution in [1.82, 2.24) is 0 Å². The number of rotatable bonds is 3. The smallest absolute Gasteiger partial charge is 0.417 e. The van der Waals surface area contributed by atoms with Crippen LogP contribution < -0.4 is 14.8 Å². The molecule has 0 fully saturated rings. The number of hydrogen-bond acceptors (Lipinski definition) is 3. The third-order valence-electron chi connectivity index (χ3n) is 2.62. The topological polar surface area (TPSA) is 47.6 Å². The van der Waals surface area contributed by atoms with Gasteiger partial charge in [-0.1, -0.05) is 18.2 Å². The van der Waals surface area contributed by atoms with Crippen LogP contribution in [0, 0.1) is 6.92 Å². The Hall–Kier alpha value is -2.49. The van der Waals surface area contributed by atoms with Gasteiger partial charge in [0.15, 0.2) is 0 Å². The molecular weight excluding hydrogens is 242 g/mol. The predicted octanol–water partition coefficient (Wildman–Crippen LogP) is 3.61. The highest BCUT2D eigenvalue weighted by molar-refractivity contribution is 5.87. The van der Waals surface area contributed by atoms with Gasteiger partial charge in [0.05, 0.1) is 7.11 Å². The monoisotopic (exact) mass is 257 g/mol. The minimum Gasteiger partial charge on any atom is -0.497 e. The summed E-state index contributed by atoms with van der Waals surface area (Å²) in [6.45, 7) is 1.89. The zero-order chi connectivity index (χ0) is 13.7. The van der Waals surface area contributed by atoms with Crippen molar-refractivity contribution in [2.75, 3.05) is 12.4 Å². The average Bonchev–Trinajstić information content (AvgIpc) is 2.42. The van der Waals surface area contributed by atoms with Crippen LogP contribution >= 0.6 is 0 Å². The van der Waals surface area contributed by atoms with E-state index in [0.29, 0.717) is 11.4 Å². The molecule has 0 spiro atoms. The van der Waals surface area contributed by atoms with Gasteiger partial charge in [-0.3, -0.25) is 5.32 Å². The molecule has 0 aliphatic heterocycles. The highest BCUT2D eigenvalue weighted by atomic mass is 16.6. The molecule has 0 bridgehead atoms. The van der Waals surface area contributed by atoms with Gasteiger partial charge in [0.1, 0.15) is 11.5 Å². The maximum atomic E-state index is 11.7. The summed E-state index contributed by atoms with van der Waals surface area (Å²) in [6.07, 6.45) is -0.514. The summed E-state index contributed by atoms with van der Waals surface area (Å²) in [5, 5.41) is 2.69. The van der Waals surface area contributed by atoms with E-state index in [9.17, 15) is 4.79 Å². The number of ether oxygens (including phenoxy) is 2. The molecule has 1 N–H and O–H groups in total. The van der Waals surface area contributed by atoms with Gasteiger partial charge in [-0.15, -0.1) is 0 Å². The molecule has 0 radical (unpaired) electrons. The van der Waals surface area contributed by atoms with Crippen molar-refractivity contribution in [2.45, 2.75) is 6.92 Å². The van der Waals surface area contributed by atoms with Gasteiger partial charge in [-0.2, -0.15) is 0 Å². The van der Waals surface area contributed by atoms with Gasteiger partial charge < -0.3 is 9.47 Å². The quantitative estimate of drug-likeness (QED) is 0.913. The number of nitrogens with one attached hydrogen (secondary N) is 1. The first kappa shape index (κ1) is 13.0. The Kier molecular flexibility index (Phi) is 4.03. The van der Waals surface area contributed by atoms with E-state index in [1.807, 2.05) is 19.1 Å². The second-order valence-electron chi connectivity index (χ2n) is 4.01. The summed E-state index contributed by atoms with van der Waals surface area (Å²) in [5.41, 5.74) is 1.60. The summed E-state index contributed by atoms with van der Waals surface area (Å²) in [5.74, 6) is 1.26. The lowest BCUT2D eigenvalue weighted by Gasteiger charge is -2.10. The van der Waals surface area contributed by atoms with Gasteiger partial charge in [0.25, 0.3) is 0 Å². The zero-order valence-corrected chi connectivity index (χ0v) is 10.8. The van der Waals surface area contributed by atoms with E-state index in [1.165, 1.54) is 0 Å². The minimum absolute atomic E-state index is 0.506. The number of benzene rings is 2. The third-order valence-corrected chi connectivity index (χ3v) is 2.62. The Balaban J connectivity index is 2.03. The van der Waals surface area contributed by atoms with Crippen molar-refractivity contribution >= 4 is 11.8 Å². The maximum Gasteiger partial charge on any atom is 0.417 e. The molecule has 0 aliphatic rings. The van der Waals surface area contributed by atoms with Gasteiger partial charge in [-0.05, 0) is 42.8 Å². The summed E-state index contributed by atoms with van der Waals surface area (Å²) in [4.78, 5) is 11.7. The first-order valence-corrected chi connectivity index (χ1v) is 5.87. The fourth-order valence-electron chi connectivity index (χ4n) is 1.63. The van der Waals surface area contributed by atoms with Gasteiger partial charge >= 0.3 is 6.09 Å². The van der Waals surface area contributed by atoms with E-state index in [-0.39, 0.29) is 0 Å². The number of hydrogen-bond donors (Lipinski definition) is 1. The van der Waals surface area contributed by atoms with Crippen LogP contribution in [-0.4, -0.2) is 13.2 Å². The molecule has 98 valence electrons. The van der Waals surface area contributed by atoms with Crippen LogP contribution in [0.4, 0.5) is 10.5 Å². The van der Waals surface area contributed by atoms with Crippen LogP contribution in [0.1, 0.15) is 5.56 Å². The van der Waals surface area contributed by atoms with E-state index in [0.717, 1.165) is 11.3 Å². The van der Waals surface area contributed by atoms with Crippen molar-refractivity contribution < 1.29 is 14.3 Å². The van der Waals surface area contributed by atoms with Crippen LogP contribution in [0.15, 0.2) is 48.5 Å². The Morgan fingerprint density at radius 1 is 1.05 bits per heavy atom. The molecule has 4 heteroatoms. The number of carbonyl (C=O) groups is 1. The summed E-state index contributed by atoms with van der Waals surface area (Å²) in [6, 6.07) is 14.3. The molecule has 0 aromatic heterocycles. The number of aryl methyl sites for hydroxylation is 1. The van der Waals surface area contributed by atoms with Crippen molar-refractivity contribution in [3.05, 3.63) is 54.1 Å². The number of anilines is 1. The molecule has 2 aromatic carbocycles. The number of methoxy groups -OCH3 is 1. The number of amides is 1. The number of para-hydroxylation sites is 1. The number of carbonyl (C=O) groups excluding carboxylic acids is 1. The molecule has 0 aliphatic carbocycles. The molecule has 1 amide bonds. The van der Waals surface area contributed by atoms with Crippen molar-refractivity contribution in [3.8, 4) is 11.5 Å². The van der Waals surface area contributed by atoms with Crippen LogP contribution in [0.25, 0.3) is 0 Å². The third kappa shape index (κ3) is 3.48. The molecule has 2 aromatic rings. The SMILES string of the molecule is COc1ccc(NC(=O)Oc2ccccc2)c(C)c1. The molecule has 0 heterocycles. The van der Waals surface area contributed by atoms with E-state index in [2.05, 4.69) is 5.32 Å². The Bertz CT molecular complexity index is 567. The lowest BCUT2D eigenvalue weighted by atomic mass is 10.2. The highest BCUT2D eigenvalue weighted by Gasteiger charge is 2.07. The zero-order valence-electron chi connectivity index (χ0n) is 10.8. The van der Waals surface area contributed by atoms with Crippen molar-refractivity contribution in [2.24, 2.45) is 0 Å². The summed E-state index contributed by atoms with van der Waals surface area (Å²) < 4.78 is 10.3. The normalized spacial score (nSPS) is 9.79. The molecule has 0 saturated carbocycles. The standard InChI is InChI=1S/C15H15NO3/c1-11-10-13(18-2)8-9-14(11)16-15(17)19-12-6-4-3-5-7-12/h3-10H,1-2H3,(H,16,17). The predicted molar refractivity (Wildman–Crippen MR) is 73.8 cm³/mol. The van der Waals surface area contributed by atoms with Gasteiger partial charge in [0, 0.05) is 5.69 Å². The average molecular weight is 257 g/mol. The molecule has 0 unspecified atom stereocenters. The summed E-state index contributed by atoms with van der Waals surface area (Å²) >= 11 is 0. The molecule has 0 saturated heterocycles. The minimum atomic E-state index is -0.514. The van der Waals surface area contributed by atoms with Crippen molar-refractivity contribution in [1.29, 1.82) is 0 Å². The van der Waals surface area contributed by atoms with E-state index in [1.54, 1.807) is 43.5 Å². The molecular formula is C15H15NO3. The maximum absolute atomic E-state index is 11.7. The molecule has 0 atom stereocenters. The van der Waals surface area contributed by atoms with Crippen LogP contribution in [0.3, 0.4) is 0 Å². The van der Waals surface area contributed by atoms with Crippen LogP contribution in [-0.2, 0) is 0 Å². The second kappa shape index (κ2) is 5.91. The first-order chi connectivity index (χ1) is 9.19. The van der Waals surface area contributed by atoms with Crippen LogP contribution in [0.5, 0.6) is 11.5 Å². The van der Waals surface area contributed by atoms with E-state index < -0.39 is 6.09 Å². The Morgan fingerprint density at radius 3 is 2.42 bits per heavy atom. The van der Waals surface area contributed by atoms with E-state index >= 15 is 0 Å². The molecule has 2 rings (SSSR count). The fraction of sp³-hybridized carbons (Fsp3) is 0.133. The summed E-state index contributed by atoms with van der Waals surface area (Å²) in [7, 11) is 1.60. The lowest BCUT2D eigenvalue weighted by Crippen LogP contribution is -2.17. The van der Waals surface area contributed by atoms with Crippen LogP contribution in [0.2, 0.25) is 0 Å². The Morgan fingerprint density at radius 2 is 1.79 bits per heavy atom. The largest absolute Gasteiger partial charge is 0.497 e. The first-order valence-electron chi connectivity index (χ1n) is 5.87.